The van der Waals surface area contributed by atoms with Crippen LogP contribution in [0.25, 0.3) is 0 Å². The number of rotatable bonds is 28. The van der Waals surface area contributed by atoms with Crippen molar-refractivity contribution in [1.82, 2.24) is 46.8 Å². The summed E-state index contributed by atoms with van der Waals surface area (Å²) in [6.07, 6.45) is -13.2. The number of hydrogen-bond acceptors (Lipinski definition) is 13. The number of imidazole rings is 1. The van der Waals surface area contributed by atoms with Gasteiger partial charge < -0.3 is 74.3 Å². The fourth-order valence-corrected chi connectivity index (χ4v) is 8.48. The summed E-state index contributed by atoms with van der Waals surface area (Å²) in [5.41, 5.74) is 17.0. The Balaban J connectivity index is 1.71. The van der Waals surface area contributed by atoms with Crippen molar-refractivity contribution in [2.45, 2.75) is 126 Å². The average Bonchev–Trinajstić information content (AvgIpc) is 4.08. The summed E-state index contributed by atoms with van der Waals surface area (Å²) in [5, 5.41) is 41.6. The van der Waals surface area contributed by atoms with E-state index >= 15 is 0 Å². The van der Waals surface area contributed by atoms with Crippen LogP contribution in [-0.2, 0) is 62.4 Å². The van der Waals surface area contributed by atoms with Gasteiger partial charge in [-0.3, -0.25) is 43.3 Å². The Morgan fingerprint density at radius 3 is 1.85 bits per heavy atom. The predicted octanol–water partition coefficient (Wildman–Crippen LogP) is -0.620. The SMILES string of the molecule is CC(C)[C@H](NC(=O)[C@H](CCCN=C(N)N)NC(=O)[C@@H](N)CC(=O)O)C(=O)N[C@@H](Cc1ccc(O)cc1)C(=O)N[C@@H](C(=O)N[C@@H](Cc1cnc[nH]1)C(=O)N1CCC[C@@H]1C(=O)N[C@@H](Cc1ccccc1)C(=O)O)C(C(F)(F)F)C(F)(F)F. The van der Waals surface area contributed by atoms with Crippen molar-refractivity contribution in [2.75, 3.05) is 13.1 Å². The van der Waals surface area contributed by atoms with Crippen molar-refractivity contribution in [2.24, 2.45) is 34.0 Å². The Kier molecular flexibility index (Phi) is 23.1. The number of carbonyl (C=O) groups is 9. The minimum absolute atomic E-state index is 0.00198. The zero-order chi connectivity index (χ0) is 59.6. The number of aliphatic carboxylic acids is 2. The van der Waals surface area contributed by atoms with Crippen LogP contribution in [0.1, 0.15) is 62.8 Å². The van der Waals surface area contributed by atoms with E-state index in [-0.39, 0.29) is 68.2 Å². The van der Waals surface area contributed by atoms with E-state index in [4.69, 9.17) is 22.3 Å². The third kappa shape index (κ3) is 19.4. The van der Waals surface area contributed by atoms with E-state index in [0.717, 1.165) is 29.6 Å². The van der Waals surface area contributed by atoms with Crippen molar-refractivity contribution in [3.8, 4) is 5.75 Å². The van der Waals surface area contributed by atoms with Crippen LogP contribution in [0.2, 0.25) is 0 Å². The van der Waals surface area contributed by atoms with Gasteiger partial charge in [-0.25, -0.2) is 9.78 Å². The minimum Gasteiger partial charge on any atom is -0.508 e. The maximum atomic E-state index is 14.8. The molecule has 0 unspecified atom stereocenters. The number of likely N-dealkylation sites (tertiary alicyclic amines) is 1. The maximum Gasteiger partial charge on any atom is 0.403 e. The Morgan fingerprint density at radius 2 is 1.29 bits per heavy atom. The molecule has 0 radical (unpaired) electrons. The van der Waals surface area contributed by atoms with Gasteiger partial charge in [0.05, 0.1) is 18.8 Å². The number of halogens is 6. The normalized spacial score (nSPS) is 16.2. The maximum absolute atomic E-state index is 14.8. The van der Waals surface area contributed by atoms with E-state index < -0.39 is 145 Å². The smallest absolute Gasteiger partial charge is 0.403 e. The number of aromatic amines is 1. The molecule has 2 heterocycles. The highest BCUT2D eigenvalue weighted by molar-refractivity contribution is 5.98. The van der Waals surface area contributed by atoms with Crippen molar-refractivity contribution in [3.63, 3.8) is 0 Å². The first-order chi connectivity index (χ1) is 37.5. The number of aliphatic imine (C=N–C) groups is 1. The number of alkyl halides is 6. The predicted molar refractivity (Wildman–Crippen MR) is 269 cm³/mol. The molecule has 0 aliphatic carbocycles. The monoisotopic (exact) mass is 1140 g/mol. The van der Waals surface area contributed by atoms with E-state index in [1.807, 2.05) is 5.32 Å². The summed E-state index contributed by atoms with van der Waals surface area (Å²) in [7, 11) is 0. The van der Waals surface area contributed by atoms with Gasteiger partial charge in [0, 0.05) is 44.2 Å². The lowest BCUT2D eigenvalue weighted by atomic mass is 9.95. The summed E-state index contributed by atoms with van der Waals surface area (Å²) in [6, 6.07) is -3.20. The number of nitrogens with one attached hydrogen (secondary N) is 7. The Bertz CT molecular complexity index is 2650. The van der Waals surface area contributed by atoms with E-state index in [0.29, 0.717) is 5.56 Å². The summed E-state index contributed by atoms with van der Waals surface area (Å²) in [4.78, 5) is 132. The van der Waals surface area contributed by atoms with Crippen LogP contribution in [-0.4, -0.2) is 163 Å². The van der Waals surface area contributed by atoms with Gasteiger partial charge in [-0.05, 0) is 54.9 Å². The van der Waals surface area contributed by atoms with Gasteiger partial charge in [-0.1, -0.05) is 56.3 Å². The number of benzene rings is 2. The Labute approximate surface area is 452 Å². The fraction of sp³-hybridized carbons (Fsp3) is 0.490. The van der Waals surface area contributed by atoms with Gasteiger partial charge in [-0.2, -0.15) is 26.3 Å². The minimum atomic E-state index is -6.36. The second-order valence-corrected chi connectivity index (χ2v) is 19.0. The molecule has 438 valence electrons. The van der Waals surface area contributed by atoms with Gasteiger partial charge in [0.1, 0.15) is 48.0 Å². The molecule has 1 saturated heterocycles. The summed E-state index contributed by atoms with van der Waals surface area (Å²) in [5.74, 6) is -18.9. The lowest BCUT2D eigenvalue weighted by Crippen LogP contribution is -2.65. The molecule has 1 fully saturated rings. The highest BCUT2D eigenvalue weighted by Gasteiger charge is 2.63. The van der Waals surface area contributed by atoms with Crippen molar-refractivity contribution >= 4 is 59.2 Å². The second kappa shape index (κ2) is 28.9. The number of phenolic OH excluding ortho intramolecular Hbond substituents is 1. The number of H-pyrrole nitrogens is 1. The van der Waals surface area contributed by atoms with Crippen LogP contribution >= 0.6 is 0 Å². The molecule has 0 bridgehead atoms. The molecule has 31 heteroatoms. The van der Waals surface area contributed by atoms with E-state index in [2.05, 4.69) is 36.2 Å². The Morgan fingerprint density at radius 1 is 0.725 bits per heavy atom. The van der Waals surface area contributed by atoms with E-state index in [9.17, 15) is 79.7 Å². The van der Waals surface area contributed by atoms with Crippen LogP contribution in [0.5, 0.6) is 5.75 Å². The largest absolute Gasteiger partial charge is 0.508 e. The fourth-order valence-electron chi connectivity index (χ4n) is 8.48. The highest BCUT2D eigenvalue weighted by atomic mass is 19.4. The highest BCUT2D eigenvalue weighted by Crippen LogP contribution is 2.42. The molecule has 1 aromatic heterocycles. The quantitative estimate of drug-likeness (QED) is 0.0187. The van der Waals surface area contributed by atoms with Crippen LogP contribution in [0.4, 0.5) is 26.3 Å². The van der Waals surface area contributed by atoms with E-state index in [1.54, 1.807) is 30.3 Å². The second-order valence-electron chi connectivity index (χ2n) is 19.0. The number of nitrogens with zero attached hydrogens (tertiary/aromatic N) is 3. The number of hydrogen-bond donors (Lipinski definition) is 13. The first kappa shape index (κ1) is 64.0. The molecule has 7 amide bonds. The number of nitrogens with two attached hydrogens (primary N) is 3. The first-order valence-corrected chi connectivity index (χ1v) is 24.8. The van der Waals surface area contributed by atoms with Gasteiger partial charge >= 0.3 is 24.3 Å². The van der Waals surface area contributed by atoms with Gasteiger partial charge in [0.2, 0.25) is 41.4 Å². The molecule has 3 aromatic rings. The number of carbonyl (C=O) groups excluding carboxylic acids is 7. The molecule has 0 saturated carbocycles. The number of aromatic nitrogens is 2. The van der Waals surface area contributed by atoms with Crippen LogP contribution in [0.3, 0.4) is 0 Å². The molecule has 16 N–H and O–H groups in total. The first-order valence-electron chi connectivity index (χ1n) is 24.8. The molecule has 25 nitrogen and oxygen atoms in total. The topological polar surface area (TPSA) is 409 Å². The number of aromatic hydroxyl groups is 1. The molecule has 4 rings (SSSR count). The third-order valence-electron chi connectivity index (χ3n) is 12.5. The van der Waals surface area contributed by atoms with Gasteiger partial charge in [0.15, 0.2) is 11.9 Å². The van der Waals surface area contributed by atoms with Gasteiger partial charge in [-0.15, -0.1) is 0 Å². The molecule has 80 heavy (non-hydrogen) atoms. The Hall–Kier alpha value is -8.51. The lowest BCUT2D eigenvalue weighted by molar-refractivity contribution is -0.289. The molecule has 8 atom stereocenters. The van der Waals surface area contributed by atoms with Crippen LogP contribution in [0.15, 0.2) is 72.1 Å². The summed E-state index contributed by atoms with van der Waals surface area (Å²) in [6.45, 7) is 2.42. The number of guanidine groups is 1. The standard InChI is InChI=1S/C49H63F6N13O12/c1-24(2)36(66-40(73)30(10-6-16-60-47(57)58)62-39(72)29(56)21-35(70)71)43(76)63-31(18-26-12-14-28(69)15-13-26)41(74)67-37(38(48(50,51)52)49(53,54)55)44(77)64-32(20-27-22-59-23-61-27)45(78)68-17-7-11-34(68)42(75)65-33(46(79)80)19-25-8-4-3-5-9-25/h3-5,8-9,12-15,22-24,29-34,36-38,69H,6-7,10-11,16-21,56H2,1-2H3,(H,59,61)(H,62,72)(H,63,76)(H,64,77)(H,65,75)(H,66,73)(H,67,74)(H,70,71)(H,79,80)(H4,57,58,60)/t29-,30-,31-,32-,33-,34+,36-,37+/m0/s1. The van der Waals surface area contributed by atoms with Crippen molar-refractivity contribution < 1.29 is 84.8 Å². The van der Waals surface area contributed by atoms with Crippen molar-refractivity contribution in [3.05, 3.63) is 83.9 Å². The van der Waals surface area contributed by atoms with Crippen LogP contribution < -0.4 is 49.1 Å². The number of phenols is 1. The molecular weight excluding hydrogens is 1080 g/mol. The number of amides is 7. The lowest BCUT2D eigenvalue weighted by Gasteiger charge is -2.34. The third-order valence-corrected chi connectivity index (χ3v) is 12.5. The zero-order valence-corrected chi connectivity index (χ0v) is 43.1. The average molecular weight is 1140 g/mol. The zero-order valence-electron chi connectivity index (χ0n) is 43.1. The summed E-state index contributed by atoms with van der Waals surface area (Å²) < 4.78 is 88.9. The van der Waals surface area contributed by atoms with Crippen LogP contribution in [0, 0.1) is 11.8 Å². The number of carboxylic acid groups (broad SMARTS) is 2. The van der Waals surface area contributed by atoms with E-state index in [1.165, 1.54) is 31.3 Å². The molecule has 1 aliphatic rings. The van der Waals surface area contributed by atoms with Gasteiger partial charge in [0.25, 0.3) is 0 Å². The summed E-state index contributed by atoms with van der Waals surface area (Å²) >= 11 is 0. The van der Waals surface area contributed by atoms with Crippen molar-refractivity contribution in [1.29, 1.82) is 0 Å². The number of carboxylic acids is 2. The molecule has 2 aromatic carbocycles. The molecular formula is C49H63F6N13O12. The molecule has 0 spiro atoms. The molecule has 1 aliphatic heterocycles.